The van der Waals surface area contributed by atoms with E-state index in [1.807, 2.05) is 0 Å². The smallest absolute Gasteiger partial charge is 0.334 e. The summed E-state index contributed by atoms with van der Waals surface area (Å²) in [6.45, 7) is 10.2. The minimum absolute atomic E-state index is 0.136. The van der Waals surface area contributed by atoms with Gasteiger partial charge in [-0.2, -0.15) is 13.2 Å². The molecule has 0 spiro atoms. The lowest BCUT2D eigenvalue weighted by Crippen LogP contribution is -2.42. The number of alkyl halides is 3. The van der Waals surface area contributed by atoms with Crippen molar-refractivity contribution < 1.29 is 18.0 Å². The maximum Gasteiger partial charge on any atom is 0.415 e. The molecule has 1 aromatic carbocycles. The lowest BCUT2D eigenvalue weighted by molar-refractivity contribution is -0.128. The Morgan fingerprint density at radius 1 is 1.12 bits per heavy atom. The van der Waals surface area contributed by atoms with E-state index in [9.17, 15) is 18.0 Å². The Bertz CT molecular complexity index is 686. The van der Waals surface area contributed by atoms with Gasteiger partial charge in [0.25, 0.3) is 5.91 Å². The zero-order chi connectivity index (χ0) is 19.5. The first-order valence-corrected chi connectivity index (χ1v) is 8.37. The number of amides is 1. The van der Waals surface area contributed by atoms with Crippen molar-refractivity contribution in [2.75, 3.05) is 0 Å². The molecule has 1 rings (SSSR count). The van der Waals surface area contributed by atoms with Crippen molar-refractivity contribution in [3.63, 3.8) is 0 Å². The van der Waals surface area contributed by atoms with Crippen LogP contribution in [0, 0.1) is 0 Å². The van der Waals surface area contributed by atoms with E-state index in [4.69, 9.17) is 23.2 Å². The first-order valence-electron chi connectivity index (χ1n) is 7.62. The third-order valence-corrected chi connectivity index (χ3v) is 4.23. The van der Waals surface area contributed by atoms with Gasteiger partial charge in [-0.25, -0.2) is 0 Å². The molecule has 0 bridgehead atoms. The molecule has 25 heavy (non-hydrogen) atoms. The van der Waals surface area contributed by atoms with E-state index in [0.717, 1.165) is 6.08 Å². The molecular formula is C18H20Cl2F3NO. The molecule has 2 nitrogen and oxygen atoms in total. The van der Waals surface area contributed by atoms with Crippen LogP contribution in [0.3, 0.4) is 0 Å². The average Bonchev–Trinajstić information content (AvgIpc) is 2.45. The number of hydrogen-bond acceptors (Lipinski definition) is 1. The molecule has 0 aliphatic heterocycles. The van der Waals surface area contributed by atoms with Crippen LogP contribution in [-0.4, -0.2) is 29.1 Å². The predicted molar refractivity (Wildman–Crippen MR) is 96.8 cm³/mol. The first-order chi connectivity index (χ1) is 11.4. The van der Waals surface area contributed by atoms with Crippen molar-refractivity contribution in [3.05, 3.63) is 52.0 Å². The van der Waals surface area contributed by atoms with Crippen LogP contribution in [-0.2, 0) is 4.79 Å². The summed E-state index contributed by atoms with van der Waals surface area (Å²) in [6.07, 6.45) is -3.89. The fourth-order valence-electron chi connectivity index (χ4n) is 2.39. The summed E-state index contributed by atoms with van der Waals surface area (Å²) in [4.78, 5) is 14.5. The number of halogens is 5. The fraction of sp³-hybridized carbons (Fsp3) is 0.389. The number of nitrogens with zero attached hydrogens (tertiary/aromatic N) is 1. The van der Waals surface area contributed by atoms with Crippen molar-refractivity contribution in [1.82, 2.24) is 4.90 Å². The Morgan fingerprint density at radius 2 is 1.64 bits per heavy atom. The summed E-state index contributed by atoms with van der Waals surface area (Å²) < 4.78 is 38.8. The highest BCUT2D eigenvalue weighted by molar-refractivity contribution is 6.42. The SMILES string of the molecule is C=C(/C=C(/C(=O)N(C(C)C)C(C)C)c1ccc(Cl)c(Cl)c1)C(F)(F)F. The first kappa shape index (κ1) is 21.6. The molecular weight excluding hydrogens is 374 g/mol. The van der Waals surface area contributed by atoms with Crippen LogP contribution in [0.1, 0.15) is 33.3 Å². The van der Waals surface area contributed by atoms with Crippen LogP contribution in [0.25, 0.3) is 5.57 Å². The Balaban J connectivity index is 3.52. The Labute approximate surface area is 155 Å². The number of hydrogen-bond donors (Lipinski definition) is 0. The molecule has 0 radical (unpaired) electrons. The fourth-order valence-corrected chi connectivity index (χ4v) is 2.69. The standard InChI is InChI=1S/C18H20Cl2F3NO/c1-10(2)24(11(3)4)17(25)14(8-12(5)18(21,22)23)13-6-7-15(19)16(20)9-13/h6-11H,5H2,1-4H3/b14-8+. The molecule has 0 aromatic heterocycles. The van der Waals surface area contributed by atoms with Gasteiger partial charge in [-0.3, -0.25) is 4.79 Å². The highest BCUT2D eigenvalue weighted by Gasteiger charge is 2.33. The quantitative estimate of drug-likeness (QED) is 0.434. The van der Waals surface area contributed by atoms with E-state index in [2.05, 4.69) is 6.58 Å². The van der Waals surface area contributed by atoms with E-state index < -0.39 is 17.7 Å². The van der Waals surface area contributed by atoms with Crippen molar-refractivity contribution in [2.24, 2.45) is 0 Å². The zero-order valence-electron chi connectivity index (χ0n) is 14.4. The van der Waals surface area contributed by atoms with Gasteiger partial charge in [-0.15, -0.1) is 0 Å². The van der Waals surface area contributed by atoms with E-state index >= 15 is 0 Å². The van der Waals surface area contributed by atoms with Crippen molar-refractivity contribution in [2.45, 2.75) is 46.0 Å². The van der Waals surface area contributed by atoms with Crippen molar-refractivity contribution >= 4 is 34.7 Å². The van der Waals surface area contributed by atoms with Crippen molar-refractivity contribution in [1.29, 1.82) is 0 Å². The minimum atomic E-state index is -4.64. The second-order valence-corrected chi connectivity index (χ2v) is 6.92. The normalized spacial score (nSPS) is 12.7. The third-order valence-electron chi connectivity index (χ3n) is 3.49. The minimum Gasteiger partial charge on any atom is -0.334 e. The molecule has 0 aliphatic carbocycles. The highest BCUT2D eigenvalue weighted by Crippen LogP contribution is 2.32. The lowest BCUT2D eigenvalue weighted by Gasteiger charge is -2.32. The number of benzene rings is 1. The monoisotopic (exact) mass is 393 g/mol. The van der Waals surface area contributed by atoms with Crippen LogP contribution in [0.4, 0.5) is 13.2 Å². The summed E-state index contributed by atoms with van der Waals surface area (Å²) in [7, 11) is 0. The van der Waals surface area contributed by atoms with Gasteiger partial charge in [0.2, 0.25) is 0 Å². The Morgan fingerprint density at radius 3 is 2.04 bits per heavy atom. The molecule has 0 heterocycles. The van der Waals surface area contributed by atoms with Crippen LogP contribution in [0.5, 0.6) is 0 Å². The summed E-state index contributed by atoms with van der Waals surface area (Å²) in [5.41, 5.74) is -1.01. The second-order valence-electron chi connectivity index (χ2n) is 6.11. The second kappa shape index (κ2) is 8.28. The highest BCUT2D eigenvalue weighted by atomic mass is 35.5. The summed E-state index contributed by atoms with van der Waals surface area (Å²) in [6, 6.07) is 3.87. The van der Waals surface area contributed by atoms with E-state index in [1.54, 1.807) is 27.7 Å². The van der Waals surface area contributed by atoms with Gasteiger partial charge >= 0.3 is 6.18 Å². The van der Waals surface area contributed by atoms with Gasteiger partial charge in [0.1, 0.15) is 0 Å². The number of carbonyl (C=O) groups excluding carboxylic acids is 1. The van der Waals surface area contributed by atoms with Crippen LogP contribution in [0.2, 0.25) is 10.0 Å². The average molecular weight is 394 g/mol. The Hall–Kier alpha value is -1.46. The van der Waals surface area contributed by atoms with Crippen LogP contribution in [0.15, 0.2) is 36.4 Å². The predicted octanol–water partition coefficient (Wildman–Crippen LogP) is 6.14. The molecule has 7 heteroatoms. The summed E-state index contributed by atoms with van der Waals surface area (Å²) in [5, 5.41) is 0.396. The molecule has 1 aromatic rings. The third kappa shape index (κ3) is 5.51. The number of rotatable bonds is 5. The van der Waals surface area contributed by atoms with Gasteiger partial charge < -0.3 is 4.90 Å². The van der Waals surface area contributed by atoms with Crippen LogP contribution < -0.4 is 0 Å². The molecule has 0 N–H and O–H groups in total. The molecule has 0 atom stereocenters. The maximum absolute atomic E-state index is 13.0. The molecule has 0 saturated carbocycles. The van der Waals surface area contributed by atoms with Crippen molar-refractivity contribution in [3.8, 4) is 0 Å². The molecule has 138 valence electrons. The lowest BCUT2D eigenvalue weighted by atomic mass is 10.00. The topological polar surface area (TPSA) is 20.3 Å². The molecule has 0 aliphatic rings. The largest absolute Gasteiger partial charge is 0.415 e. The van der Waals surface area contributed by atoms with E-state index in [0.29, 0.717) is 0 Å². The van der Waals surface area contributed by atoms with E-state index in [1.165, 1.54) is 23.1 Å². The van der Waals surface area contributed by atoms with Gasteiger partial charge in [-0.1, -0.05) is 35.8 Å². The molecule has 0 saturated heterocycles. The summed E-state index contributed by atoms with van der Waals surface area (Å²) in [5.74, 6) is -0.534. The summed E-state index contributed by atoms with van der Waals surface area (Å²) >= 11 is 11.8. The van der Waals surface area contributed by atoms with Crippen LogP contribution >= 0.6 is 23.2 Å². The zero-order valence-corrected chi connectivity index (χ0v) is 15.9. The maximum atomic E-state index is 13.0. The molecule has 1 amide bonds. The number of carbonyl (C=O) groups is 1. The number of allylic oxidation sites excluding steroid dienone is 2. The van der Waals surface area contributed by atoms with Gasteiger partial charge in [0.05, 0.1) is 10.0 Å². The molecule has 0 unspecified atom stereocenters. The van der Waals surface area contributed by atoms with Gasteiger partial charge in [0.15, 0.2) is 0 Å². The molecule has 0 fully saturated rings. The van der Waals surface area contributed by atoms with Gasteiger partial charge in [0, 0.05) is 23.2 Å². The van der Waals surface area contributed by atoms with Gasteiger partial charge in [-0.05, 0) is 51.5 Å². The van der Waals surface area contributed by atoms with E-state index in [-0.39, 0.29) is 33.3 Å². The Kier molecular flexibility index (Phi) is 7.15.